The van der Waals surface area contributed by atoms with Crippen molar-refractivity contribution >= 4 is 27.7 Å². The van der Waals surface area contributed by atoms with Gasteiger partial charge in [0.05, 0.1) is 12.1 Å². The van der Waals surface area contributed by atoms with Crippen molar-refractivity contribution in [3.8, 4) is 0 Å². The molecule has 20 heavy (non-hydrogen) atoms. The Labute approximate surface area is 124 Å². The highest BCUT2D eigenvalue weighted by Crippen LogP contribution is 2.17. The Bertz CT molecular complexity index is 518. The lowest BCUT2D eigenvalue weighted by Crippen LogP contribution is -2.49. The van der Waals surface area contributed by atoms with Gasteiger partial charge in [0, 0.05) is 30.7 Å². The van der Waals surface area contributed by atoms with Gasteiger partial charge < -0.3 is 15.5 Å². The number of nitrogens with one attached hydrogen (secondary N) is 2. The quantitative estimate of drug-likeness (QED) is 0.851. The van der Waals surface area contributed by atoms with Gasteiger partial charge in [-0.25, -0.2) is 4.39 Å². The maximum Gasteiger partial charge on any atom is 0.252 e. The van der Waals surface area contributed by atoms with E-state index in [1.54, 1.807) is 4.90 Å². The molecule has 1 aromatic rings. The molecule has 1 aliphatic rings. The van der Waals surface area contributed by atoms with E-state index in [0.717, 1.165) is 13.1 Å². The molecule has 7 heteroatoms. The van der Waals surface area contributed by atoms with Gasteiger partial charge in [-0.3, -0.25) is 9.59 Å². The minimum absolute atomic E-state index is 0.0529. The van der Waals surface area contributed by atoms with E-state index in [4.69, 9.17) is 0 Å². The van der Waals surface area contributed by atoms with Gasteiger partial charge >= 0.3 is 0 Å². The molecule has 0 unspecified atom stereocenters. The van der Waals surface area contributed by atoms with Crippen molar-refractivity contribution in [2.75, 3.05) is 32.7 Å². The second-order valence-corrected chi connectivity index (χ2v) is 5.29. The van der Waals surface area contributed by atoms with Crippen molar-refractivity contribution in [3.63, 3.8) is 0 Å². The van der Waals surface area contributed by atoms with Gasteiger partial charge in [-0.15, -0.1) is 0 Å². The molecular formula is C13H15BrFN3O2. The Morgan fingerprint density at radius 1 is 1.35 bits per heavy atom. The number of carbonyl (C=O) groups is 2. The van der Waals surface area contributed by atoms with E-state index in [1.165, 1.54) is 18.2 Å². The summed E-state index contributed by atoms with van der Waals surface area (Å²) in [5, 5.41) is 5.70. The predicted molar refractivity (Wildman–Crippen MR) is 75.9 cm³/mol. The first-order valence-corrected chi connectivity index (χ1v) is 7.09. The zero-order valence-corrected chi connectivity index (χ0v) is 12.4. The minimum Gasteiger partial charge on any atom is -0.343 e. The van der Waals surface area contributed by atoms with Crippen LogP contribution < -0.4 is 10.6 Å². The molecule has 0 aliphatic carbocycles. The molecule has 1 aromatic carbocycles. The molecule has 2 amide bonds. The Morgan fingerprint density at radius 2 is 2.05 bits per heavy atom. The van der Waals surface area contributed by atoms with Crippen LogP contribution in [-0.4, -0.2) is 49.4 Å². The molecule has 0 saturated carbocycles. The summed E-state index contributed by atoms with van der Waals surface area (Å²) >= 11 is 3.13. The normalized spacial score (nSPS) is 15.0. The van der Waals surface area contributed by atoms with Gasteiger partial charge in [-0.1, -0.05) is 0 Å². The Kier molecular flexibility index (Phi) is 5.08. The molecule has 1 aliphatic heterocycles. The number of amides is 2. The molecule has 2 N–H and O–H groups in total. The number of carbonyl (C=O) groups excluding carboxylic acids is 2. The fraction of sp³-hybridized carbons (Fsp3) is 0.385. The third-order valence-corrected chi connectivity index (χ3v) is 3.70. The van der Waals surface area contributed by atoms with Crippen LogP contribution in [0.25, 0.3) is 0 Å². The average molecular weight is 344 g/mol. The first kappa shape index (κ1) is 14.9. The molecule has 0 spiro atoms. The molecule has 108 valence electrons. The summed E-state index contributed by atoms with van der Waals surface area (Å²) in [6.07, 6.45) is 0. The summed E-state index contributed by atoms with van der Waals surface area (Å²) in [6, 6.07) is 3.80. The summed E-state index contributed by atoms with van der Waals surface area (Å²) in [7, 11) is 0. The summed E-state index contributed by atoms with van der Waals surface area (Å²) in [6.45, 7) is 2.78. The molecule has 1 fully saturated rings. The van der Waals surface area contributed by atoms with Gasteiger partial charge in [0.2, 0.25) is 5.91 Å². The van der Waals surface area contributed by atoms with E-state index in [1.807, 2.05) is 0 Å². The van der Waals surface area contributed by atoms with Crippen LogP contribution in [0.1, 0.15) is 10.4 Å². The first-order valence-electron chi connectivity index (χ1n) is 6.29. The summed E-state index contributed by atoms with van der Waals surface area (Å²) in [5.74, 6) is -0.941. The van der Waals surface area contributed by atoms with Crippen LogP contribution in [0, 0.1) is 5.82 Å². The number of hydrogen-bond donors (Lipinski definition) is 2. The van der Waals surface area contributed by atoms with E-state index in [0.29, 0.717) is 23.1 Å². The van der Waals surface area contributed by atoms with E-state index >= 15 is 0 Å². The third-order valence-electron chi connectivity index (χ3n) is 3.05. The van der Waals surface area contributed by atoms with Crippen molar-refractivity contribution in [2.45, 2.75) is 0 Å². The van der Waals surface area contributed by atoms with E-state index in [9.17, 15) is 14.0 Å². The highest BCUT2D eigenvalue weighted by molar-refractivity contribution is 9.10. The maximum absolute atomic E-state index is 12.9. The lowest BCUT2D eigenvalue weighted by atomic mass is 10.2. The molecule has 1 saturated heterocycles. The van der Waals surface area contributed by atoms with Crippen LogP contribution in [0.4, 0.5) is 4.39 Å². The van der Waals surface area contributed by atoms with E-state index in [-0.39, 0.29) is 12.5 Å². The van der Waals surface area contributed by atoms with Crippen LogP contribution in [0.2, 0.25) is 0 Å². The zero-order valence-electron chi connectivity index (χ0n) is 10.8. The number of benzene rings is 1. The lowest BCUT2D eigenvalue weighted by molar-refractivity contribution is -0.130. The van der Waals surface area contributed by atoms with Gasteiger partial charge in [0.1, 0.15) is 5.82 Å². The van der Waals surface area contributed by atoms with Gasteiger partial charge in [0.15, 0.2) is 0 Å². The Balaban J connectivity index is 1.89. The van der Waals surface area contributed by atoms with Crippen LogP contribution in [-0.2, 0) is 4.79 Å². The van der Waals surface area contributed by atoms with E-state index < -0.39 is 11.7 Å². The molecule has 0 radical (unpaired) electrons. The van der Waals surface area contributed by atoms with Crippen LogP contribution in [0.5, 0.6) is 0 Å². The standard InChI is InChI=1S/C13H15BrFN3O2/c14-11-7-9(15)1-2-10(11)13(20)17-8-12(19)18-5-3-16-4-6-18/h1-2,7,16H,3-6,8H2,(H,17,20). The fourth-order valence-corrected chi connectivity index (χ4v) is 2.48. The molecule has 5 nitrogen and oxygen atoms in total. The second-order valence-electron chi connectivity index (χ2n) is 4.44. The smallest absolute Gasteiger partial charge is 0.252 e. The van der Waals surface area contributed by atoms with Gasteiger partial charge in [-0.05, 0) is 34.1 Å². The summed E-state index contributed by atoms with van der Waals surface area (Å²) < 4.78 is 13.3. The maximum atomic E-state index is 12.9. The molecule has 0 atom stereocenters. The number of piperazine rings is 1. The van der Waals surface area contributed by atoms with Crippen molar-refractivity contribution in [1.82, 2.24) is 15.5 Å². The van der Waals surface area contributed by atoms with Crippen LogP contribution in [0.3, 0.4) is 0 Å². The van der Waals surface area contributed by atoms with Crippen LogP contribution >= 0.6 is 15.9 Å². The Hall–Kier alpha value is -1.47. The zero-order chi connectivity index (χ0) is 14.5. The van der Waals surface area contributed by atoms with Crippen molar-refractivity contribution in [2.24, 2.45) is 0 Å². The fourth-order valence-electron chi connectivity index (χ4n) is 1.95. The number of halogens is 2. The molecule has 0 aromatic heterocycles. The molecule has 0 bridgehead atoms. The topological polar surface area (TPSA) is 61.4 Å². The highest BCUT2D eigenvalue weighted by atomic mass is 79.9. The average Bonchev–Trinajstić information content (AvgIpc) is 2.45. The van der Waals surface area contributed by atoms with Crippen molar-refractivity contribution in [3.05, 3.63) is 34.1 Å². The minimum atomic E-state index is -0.426. The summed E-state index contributed by atoms with van der Waals surface area (Å²) in [4.78, 5) is 25.5. The monoisotopic (exact) mass is 343 g/mol. The predicted octanol–water partition coefficient (Wildman–Crippen LogP) is 0.750. The Morgan fingerprint density at radius 3 is 2.70 bits per heavy atom. The number of hydrogen-bond acceptors (Lipinski definition) is 3. The highest BCUT2D eigenvalue weighted by Gasteiger charge is 2.17. The van der Waals surface area contributed by atoms with E-state index in [2.05, 4.69) is 26.6 Å². The molecular weight excluding hydrogens is 329 g/mol. The van der Waals surface area contributed by atoms with Crippen molar-refractivity contribution < 1.29 is 14.0 Å². The van der Waals surface area contributed by atoms with Crippen molar-refractivity contribution in [1.29, 1.82) is 0 Å². The lowest BCUT2D eigenvalue weighted by Gasteiger charge is -2.27. The first-order chi connectivity index (χ1) is 9.58. The second kappa shape index (κ2) is 6.81. The summed E-state index contributed by atoms with van der Waals surface area (Å²) in [5.41, 5.74) is 0.305. The van der Waals surface area contributed by atoms with Gasteiger partial charge in [0.25, 0.3) is 5.91 Å². The molecule has 1 heterocycles. The largest absolute Gasteiger partial charge is 0.343 e. The third kappa shape index (κ3) is 3.77. The SMILES string of the molecule is O=C(NCC(=O)N1CCNCC1)c1ccc(F)cc1Br. The van der Waals surface area contributed by atoms with Gasteiger partial charge in [-0.2, -0.15) is 0 Å². The number of nitrogens with zero attached hydrogens (tertiary/aromatic N) is 1. The molecule has 2 rings (SSSR count). The van der Waals surface area contributed by atoms with Crippen LogP contribution in [0.15, 0.2) is 22.7 Å². The number of rotatable bonds is 3.